The Hall–Kier alpha value is 0.240. The highest BCUT2D eigenvalue weighted by atomic mass is 35.5. The van der Waals surface area contributed by atoms with Gasteiger partial charge in [-0.25, -0.2) is 8.42 Å². The highest BCUT2D eigenvalue weighted by Gasteiger charge is 2.42. The van der Waals surface area contributed by atoms with Crippen LogP contribution >= 0.6 is 11.6 Å². The third-order valence-corrected chi connectivity index (χ3v) is 6.96. The van der Waals surface area contributed by atoms with Gasteiger partial charge in [0.25, 0.3) is 0 Å². The van der Waals surface area contributed by atoms with Gasteiger partial charge in [-0.05, 0) is 51.4 Å². The van der Waals surface area contributed by atoms with Gasteiger partial charge in [0.2, 0.25) is 0 Å². The molecule has 1 saturated carbocycles. The molecule has 2 nitrogen and oxygen atoms in total. The third kappa shape index (κ3) is 3.13. The molecule has 16 heavy (non-hydrogen) atoms. The summed E-state index contributed by atoms with van der Waals surface area (Å²) >= 11 is 5.99. The summed E-state index contributed by atoms with van der Waals surface area (Å²) in [5.74, 6) is 1.47. The van der Waals surface area contributed by atoms with Crippen molar-refractivity contribution in [1.29, 1.82) is 0 Å². The third-order valence-electron chi connectivity index (χ3n) is 3.74. The second-order valence-electron chi connectivity index (χ2n) is 6.24. The molecule has 0 aliphatic heterocycles. The average Bonchev–Trinajstić information content (AvgIpc) is 2.96. The van der Waals surface area contributed by atoms with E-state index in [0.29, 0.717) is 18.2 Å². The van der Waals surface area contributed by atoms with E-state index in [0.717, 1.165) is 0 Å². The number of rotatable bonds is 5. The zero-order valence-electron chi connectivity index (χ0n) is 10.7. The molecule has 4 heteroatoms. The van der Waals surface area contributed by atoms with Crippen LogP contribution in [-0.2, 0) is 9.84 Å². The quantitative estimate of drug-likeness (QED) is 0.716. The fraction of sp³-hybridized carbons (Fsp3) is 1.00. The molecule has 1 fully saturated rings. The van der Waals surface area contributed by atoms with Crippen LogP contribution in [0.2, 0.25) is 0 Å². The molecule has 96 valence electrons. The lowest BCUT2D eigenvalue weighted by atomic mass is 9.84. The summed E-state index contributed by atoms with van der Waals surface area (Å²) in [6, 6.07) is 0. The first-order valence-electron chi connectivity index (χ1n) is 5.91. The predicted octanol–water partition coefficient (Wildman–Crippen LogP) is 3.24. The predicted molar refractivity (Wildman–Crippen MR) is 69.7 cm³/mol. The molecule has 1 unspecified atom stereocenters. The van der Waals surface area contributed by atoms with Crippen LogP contribution < -0.4 is 0 Å². The van der Waals surface area contributed by atoms with E-state index in [1.54, 1.807) is 20.8 Å². The van der Waals surface area contributed by atoms with Crippen molar-refractivity contribution in [2.45, 2.75) is 51.7 Å². The van der Waals surface area contributed by atoms with E-state index >= 15 is 0 Å². The fourth-order valence-electron chi connectivity index (χ4n) is 1.83. The van der Waals surface area contributed by atoms with E-state index < -0.39 is 14.6 Å². The number of hydrogen-bond donors (Lipinski definition) is 0. The van der Waals surface area contributed by atoms with Gasteiger partial charge < -0.3 is 0 Å². The number of sulfone groups is 1. The maximum absolute atomic E-state index is 12.0. The van der Waals surface area contributed by atoms with Crippen molar-refractivity contribution >= 4 is 21.4 Å². The van der Waals surface area contributed by atoms with Crippen molar-refractivity contribution in [2.75, 3.05) is 11.6 Å². The standard InChI is InChI=1S/C12H23ClO2S/c1-11(2,3)16(14,15)8-7-12(4,9-13)10-5-6-10/h10H,5-9H2,1-4H3. The molecular weight excluding hydrogens is 244 g/mol. The molecule has 1 aliphatic carbocycles. The number of alkyl halides is 1. The monoisotopic (exact) mass is 266 g/mol. The van der Waals surface area contributed by atoms with Crippen molar-refractivity contribution in [3.8, 4) is 0 Å². The summed E-state index contributed by atoms with van der Waals surface area (Å²) in [7, 11) is -3.01. The van der Waals surface area contributed by atoms with Gasteiger partial charge in [0.15, 0.2) is 9.84 Å². The summed E-state index contributed by atoms with van der Waals surface area (Å²) in [6.07, 6.45) is 3.11. The molecule has 1 atom stereocenters. The highest BCUT2D eigenvalue weighted by Crippen LogP contribution is 2.48. The van der Waals surface area contributed by atoms with Crippen molar-refractivity contribution in [3.63, 3.8) is 0 Å². The molecule has 0 spiro atoms. The molecule has 0 bridgehead atoms. The van der Waals surface area contributed by atoms with Gasteiger partial charge in [-0.3, -0.25) is 0 Å². The Morgan fingerprint density at radius 2 is 1.69 bits per heavy atom. The molecule has 0 saturated heterocycles. The summed E-state index contributed by atoms with van der Waals surface area (Å²) in [5, 5.41) is 0. The van der Waals surface area contributed by atoms with Gasteiger partial charge in [0, 0.05) is 5.88 Å². The molecule has 0 aromatic rings. The lowest BCUT2D eigenvalue weighted by Crippen LogP contribution is -2.34. The van der Waals surface area contributed by atoms with E-state index in [9.17, 15) is 8.42 Å². The van der Waals surface area contributed by atoms with Crippen LogP contribution in [0.5, 0.6) is 0 Å². The topological polar surface area (TPSA) is 34.1 Å². The highest BCUT2D eigenvalue weighted by molar-refractivity contribution is 7.92. The van der Waals surface area contributed by atoms with Crippen LogP contribution in [0.3, 0.4) is 0 Å². The second-order valence-corrected chi connectivity index (χ2v) is 9.37. The van der Waals surface area contributed by atoms with E-state index in [1.165, 1.54) is 12.8 Å². The summed E-state index contributed by atoms with van der Waals surface area (Å²) < 4.78 is 23.4. The van der Waals surface area contributed by atoms with Crippen molar-refractivity contribution in [1.82, 2.24) is 0 Å². The summed E-state index contributed by atoms with van der Waals surface area (Å²) in [4.78, 5) is 0. The first-order chi connectivity index (χ1) is 7.12. The zero-order chi connectivity index (χ0) is 12.6. The smallest absolute Gasteiger partial charge is 0.155 e. The van der Waals surface area contributed by atoms with E-state index in [4.69, 9.17) is 11.6 Å². The summed E-state index contributed by atoms with van der Waals surface area (Å²) in [5.41, 5.74) is 0.0138. The van der Waals surface area contributed by atoms with E-state index in [2.05, 4.69) is 6.92 Å². The van der Waals surface area contributed by atoms with Crippen molar-refractivity contribution in [3.05, 3.63) is 0 Å². The molecule has 0 heterocycles. The lowest BCUT2D eigenvalue weighted by Gasteiger charge is -2.29. The normalized spacial score (nSPS) is 21.8. The first-order valence-corrected chi connectivity index (χ1v) is 8.09. The molecule has 0 amide bonds. The first kappa shape index (κ1) is 14.3. The minimum Gasteiger partial charge on any atom is -0.228 e. The molecule has 0 radical (unpaired) electrons. The van der Waals surface area contributed by atoms with Crippen LogP contribution in [0.4, 0.5) is 0 Å². The van der Waals surface area contributed by atoms with Crippen LogP contribution in [-0.4, -0.2) is 24.8 Å². The average molecular weight is 267 g/mol. The Bertz CT molecular complexity index is 339. The Labute approximate surface area is 105 Å². The summed E-state index contributed by atoms with van der Waals surface area (Å²) in [6.45, 7) is 7.41. The molecule has 1 rings (SSSR count). The SMILES string of the molecule is CC(CCl)(CCS(=O)(=O)C(C)(C)C)C1CC1. The Morgan fingerprint density at radius 1 is 1.19 bits per heavy atom. The van der Waals surface area contributed by atoms with Crippen molar-refractivity contribution < 1.29 is 8.42 Å². The minimum absolute atomic E-state index is 0.0138. The molecule has 0 aromatic carbocycles. The fourth-order valence-corrected chi connectivity index (χ4v) is 3.53. The Morgan fingerprint density at radius 3 is 2.00 bits per heavy atom. The van der Waals surface area contributed by atoms with Gasteiger partial charge in [0.1, 0.15) is 0 Å². The van der Waals surface area contributed by atoms with Gasteiger partial charge in [-0.1, -0.05) is 6.92 Å². The molecule has 0 aromatic heterocycles. The van der Waals surface area contributed by atoms with Gasteiger partial charge in [-0.2, -0.15) is 0 Å². The van der Waals surface area contributed by atoms with Gasteiger partial charge in [-0.15, -0.1) is 11.6 Å². The Kier molecular flexibility index (Phi) is 4.01. The van der Waals surface area contributed by atoms with Gasteiger partial charge in [0.05, 0.1) is 10.5 Å². The second kappa shape index (κ2) is 4.49. The Balaban J connectivity index is 2.63. The van der Waals surface area contributed by atoms with Gasteiger partial charge >= 0.3 is 0 Å². The molecule has 1 aliphatic rings. The van der Waals surface area contributed by atoms with E-state index in [1.807, 2.05) is 0 Å². The number of halogens is 1. The minimum atomic E-state index is -3.01. The van der Waals surface area contributed by atoms with Crippen LogP contribution in [0, 0.1) is 11.3 Å². The maximum atomic E-state index is 12.0. The van der Waals surface area contributed by atoms with Crippen LogP contribution in [0.1, 0.15) is 47.0 Å². The van der Waals surface area contributed by atoms with Crippen LogP contribution in [0.15, 0.2) is 0 Å². The number of hydrogen-bond acceptors (Lipinski definition) is 2. The largest absolute Gasteiger partial charge is 0.228 e. The zero-order valence-corrected chi connectivity index (χ0v) is 12.3. The molecule has 0 N–H and O–H groups in total. The molecular formula is C12H23ClO2S. The van der Waals surface area contributed by atoms with Crippen molar-refractivity contribution in [2.24, 2.45) is 11.3 Å². The maximum Gasteiger partial charge on any atom is 0.155 e. The van der Waals surface area contributed by atoms with E-state index in [-0.39, 0.29) is 11.2 Å². The lowest BCUT2D eigenvalue weighted by molar-refractivity contribution is 0.303. The van der Waals surface area contributed by atoms with Crippen LogP contribution in [0.25, 0.3) is 0 Å².